The smallest absolute Gasteiger partial charge is 0.257 e. The number of hydrogen-bond donors (Lipinski definition) is 1. The van der Waals surface area contributed by atoms with Crippen molar-refractivity contribution in [3.8, 4) is 0 Å². The molecule has 0 aromatic carbocycles. The van der Waals surface area contributed by atoms with Gasteiger partial charge in [-0.2, -0.15) is 0 Å². The van der Waals surface area contributed by atoms with Crippen molar-refractivity contribution in [3.05, 3.63) is 23.7 Å². The monoisotopic (exact) mass is 224 g/mol. The van der Waals surface area contributed by atoms with E-state index in [0.29, 0.717) is 24.4 Å². The van der Waals surface area contributed by atoms with Crippen LogP contribution in [0.3, 0.4) is 0 Å². The minimum Gasteiger partial charge on any atom is -0.469 e. The van der Waals surface area contributed by atoms with E-state index in [-0.39, 0.29) is 5.91 Å². The fourth-order valence-electron chi connectivity index (χ4n) is 1.64. The Kier molecular flexibility index (Phi) is 5.05. The Bertz CT molecular complexity index is 334. The standard InChI is InChI=1S/C12H20N2O2/c1-3-7-14(8-4-6-13)12(15)11-5-9-16-10(11)2/h5,9H,3-4,6-8,13H2,1-2H3. The first-order valence-electron chi connectivity index (χ1n) is 5.74. The average molecular weight is 224 g/mol. The third-order valence-electron chi connectivity index (χ3n) is 2.50. The lowest BCUT2D eigenvalue weighted by molar-refractivity contribution is 0.0753. The van der Waals surface area contributed by atoms with Crippen molar-refractivity contribution in [2.75, 3.05) is 19.6 Å². The van der Waals surface area contributed by atoms with E-state index in [2.05, 4.69) is 6.92 Å². The van der Waals surface area contributed by atoms with Crippen molar-refractivity contribution in [2.24, 2.45) is 5.73 Å². The second-order valence-corrected chi connectivity index (χ2v) is 3.82. The van der Waals surface area contributed by atoms with Gasteiger partial charge in [-0.25, -0.2) is 0 Å². The fraction of sp³-hybridized carbons (Fsp3) is 0.583. The zero-order chi connectivity index (χ0) is 12.0. The molecule has 1 amide bonds. The van der Waals surface area contributed by atoms with Crippen molar-refractivity contribution in [2.45, 2.75) is 26.7 Å². The van der Waals surface area contributed by atoms with Gasteiger partial charge in [0.2, 0.25) is 0 Å². The molecular weight excluding hydrogens is 204 g/mol. The Morgan fingerprint density at radius 1 is 1.50 bits per heavy atom. The summed E-state index contributed by atoms with van der Waals surface area (Å²) in [6.45, 7) is 5.96. The van der Waals surface area contributed by atoms with Crippen LogP contribution in [0.2, 0.25) is 0 Å². The minimum absolute atomic E-state index is 0.0431. The van der Waals surface area contributed by atoms with E-state index in [0.717, 1.165) is 19.4 Å². The normalized spacial score (nSPS) is 10.4. The molecule has 0 saturated heterocycles. The molecule has 1 aromatic rings. The Morgan fingerprint density at radius 2 is 2.25 bits per heavy atom. The van der Waals surface area contributed by atoms with Gasteiger partial charge in [0.1, 0.15) is 5.76 Å². The number of hydrogen-bond acceptors (Lipinski definition) is 3. The summed E-state index contributed by atoms with van der Waals surface area (Å²) in [5, 5.41) is 0. The van der Waals surface area contributed by atoms with Crippen LogP contribution >= 0.6 is 0 Å². The van der Waals surface area contributed by atoms with Gasteiger partial charge in [0.25, 0.3) is 5.91 Å². The minimum atomic E-state index is 0.0431. The lowest BCUT2D eigenvalue weighted by Crippen LogP contribution is -2.33. The summed E-state index contributed by atoms with van der Waals surface area (Å²) in [4.78, 5) is 14.0. The quantitative estimate of drug-likeness (QED) is 0.801. The number of amides is 1. The molecule has 0 fully saturated rings. The van der Waals surface area contributed by atoms with Crippen LogP contribution in [0.5, 0.6) is 0 Å². The molecule has 0 radical (unpaired) electrons. The van der Waals surface area contributed by atoms with Gasteiger partial charge in [-0.3, -0.25) is 4.79 Å². The summed E-state index contributed by atoms with van der Waals surface area (Å²) in [5.74, 6) is 0.723. The Labute approximate surface area is 96.4 Å². The molecule has 16 heavy (non-hydrogen) atoms. The zero-order valence-corrected chi connectivity index (χ0v) is 10.0. The van der Waals surface area contributed by atoms with Gasteiger partial charge in [-0.1, -0.05) is 6.92 Å². The number of rotatable bonds is 6. The Balaban J connectivity index is 2.70. The molecule has 0 saturated carbocycles. The first-order valence-corrected chi connectivity index (χ1v) is 5.74. The topological polar surface area (TPSA) is 59.5 Å². The molecule has 2 N–H and O–H groups in total. The van der Waals surface area contributed by atoms with E-state index >= 15 is 0 Å². The van der Waals surface area contributed by atoms with Crippen molar-refractivity contribution in [3.63, 3.8) is 0 Å². The van der Waals surface area contributed by atoms with Gasteiger partial charge in [-0.15, -0.1) is 0 Å². The first-order chi connectivity index (χ1) is 7.70. The molecule has 1 heterocycles. The van der Waals surface area contributed by atoms with Gasteiger partial charge in [0.05, 0.1) is 11.8 Å². The van der Waals surface area contributed by atoms with Crippen molar-refractivity contribution < 1.29 is 9.21 Å². The Morgan fingerprint density at radius 3 is 2.75 bits per heavy atom. The summed E-state index contributed by atoms with van der Waals surface area (Å²) in [6, 6.07) is 1.72. The number of aryl methyl sites for hydroxylation is 1. The molecular formula is C12H20N2O2. The van der Waals surface area contributed by atoms with E-state index < -0.39 is 0 Å². The molecule has 0 aliphatic carbocycles. The number of nitrogens with two attached hydrogens (primary N) is 1. The number of carbonyl (C=O) groups is 1. The van der Waals surface area contributed by atoms with Crippen LogP contribution in [0.15, 0.2) is 16.7 Å². The highest BCUT2D eigenvalue weighted by molar-refractivity contribution is 5.95. The summed E-state index contributed by atoms with van der Waals surface area (Å²) >= 11 is 0. The van der Waals surface area contributed by atoms with Crippen LogP contribution in [0.1, 0.15) is 35.9 Å². The first kappa shape index (κ1) is 12.8. The predicted octanol–water partition coefficient (Wildman–Crippen LogP) is 1.79. The maximum absolute atomic E-state index is 12.1. The highest BCUT2D eigenvalue weighted by atomic mass is 16.3. The number of carbonyl (C=O) groups excluding carboxylic acids is 1. The predicted molar refractivity (Wildman–Crippen MR) is 63.3 cm³/mol. The zero-order valence-electron chi connectivity index (χ0n) is 10.0. The molecule has 0 atom stereocenters. The maximum atomic E-state index is 12.1. The van der Waals surface area contributed by atoms with Crippen LogP contribution < -0.4 is 5.73 Å². The van der Waals surface area contributed by atoms with Crippen LogP contribution in [-0.2, 0) is 0 Å². The van der Waals surface area contributed by atoms with E-state index in [1.165, 1.54) is 0 Å². The summed E-state index contributed by atoms with van der Waals surface area (Å²) in [7, 11) is 0. The van der Waals surface area contributed by atoms with Crippen LogP contribution in [0.4, 0.5) is 0 Å². The fourth-order valence-corrected chi connectivity index (χ4v) is 1.64. The molecule has 1 aromatic heterocycles. The molecule has 0 aliphatic rings. The SMILES string of the molecule is CCCN(CCCN)C(=O)c1ccoc1C. The van der Waals surface area contributed by atoms with Crippen LogP contribution in [-0.4, -0.2) is 30.4 Å². The van der Waals surface area contributed by atoms with Gasteiger partial charge in [0.15, 0.2) is 0 Å². The summed E-state index contributed by atoms with van der Waals surface area (Å²) in [6.07, 6.45) is 3.34. The van der Waals surface area contributed by atoms with Gasteiger partial charge in [0, 0.05) is 13.1 Å². The molecule has 0 spiro atoms. The van der Waals surface area contributed by atoms with E-state index in [1.807, 2.05) is 4.90 Å². The molecule has 0 aliphatic heterocycles. The lowest BCUT2D eigenvalue weighted by Gasteiger charge is -2.21. The van der Waals surface area contributed by atoms with Gasteiger partial charge >= 0.3 is 0 Å². The lowest BCUT2D eigenvalue weighted by atomic mass is 10.2. The summed E-state index contributed by atoms with van der Waals surface area (Å²) in [5.41, 5.74) is 6.12. The van der Waals surface area contributed by atoms with Crippen LogP contribution in [0.25, 0.3) is 0 Å². The summed E-state index contributed by atoms with van der Waals surface area (Å²) < 4.78 is 5.15. The molecule has 0 unspecified atom stereocenters. The number of nitrogens with zero attached hydrogens (tertiary/aromatic N) is 1. The molecule has 0 bridgehead atoms. The highest BCUT2D eigenvalue weighted by Crippen LogP contribution is 2.12. The third-order valence-corrected chi connectivity index (χ3v) is 2.50. The second kappa shape index (κ2) is 6.33. The van der Waals surface area contributed by atoms with E-state index in [4.69, 9.17) is 10.2 Å². The molecule has 1 rings (SSSR count). The van der Waals surface area contributed by atoms with Crippen molar-refractivity contribution >= 4 is 5.91 Å². The molecule has 4 nitrogen and oxygen atoms in total. The third kappa shape index (κ3) is 3.10. The Hall–Kier alpha value is -1.29. The highest BCUT2D eigenvalue weighted by Gasteiger charge is 2.17. The molecule has 4 heteroatoms. The van der Waals surface area contributed by atoms with Gasteiger partial charge < -0.3 is 15.1 Å². The maximum Gasteiger partial charge on any atom is 0.257 e. The van der Waals surface area contributed by atoms with E-state index in [1.54, 1.807) is 19.3 Å². The van der Waals surface area contributed by atoms with E-state index in [9.17, 15) is 4.79 Å². The van der Waals surface area contributed by atoms with Crippen molar-refractivity contribution in [1.82, 2.24) is 4.90 Å². The number of furan rings is 1. The van der Waals surface area contributed by atoms with Crippen LogP contribution in [0, 0.1) is 6.92 Å². The average Bonchev–Trinajstić information content (AvgIpc) is 2.69. The molecule has 90 valence electrons. The van der Waals surface area contributed by atoms with Crippen molar-refractivity contribution in [1.29, 1.82) is 0 Å². The van der Waals surface area contributed by atoms with Gasteiger partial charge in [-0.05, 0) is 32.4 Å². The second-order valence-electron chi connectivity index (χ2n) is 3.82. The largest absolute Gasteiger partial charge is 0.469 e.